The predicted molar refractivity (Wildman–Crippen MR) is 65.4 cm³/mol. The van der Waals surface area contributed by atoms with E-state index in [1.165, 1.54) is 0 Å². The average Bonchev–Trinajstić information content (AvgIpc) is 2.76. The molecule has 0 aromatic heterocycles. The van der Waals surface area contributed by atoms with Crippen molar-refractivity contribution < 1.29 is 9.53 Å². The fourth-order valence-corrected chi connectivity index (χ4v) is 1.95. The van der Waals surface area contributed by atoms with E-state index in [9.17, 15) is 4.79 Å². The fourth-order valence-electron chi connectivity index (χ4n) is 1.95. The number of ether oxygens (including phenoxy) is 1. The summed E-state index contributed by atoms with van der Waals surface area (Å²) in [4.78, 5) is 12.0. The second-order valence-electron chi connectivity index (χ2n) is 4.74. The smallest absolute Gasteiger partial charge is 0.242 e. The molecule has 1 aromatic rings. The van der Waals surface area contributed by atoms with Crippen LogP contribution < -0.4 is 11.1 Å². The van der Waals surface area contributed by atoms with E-state index in [0.717, 1.165) is 12.0 Å². The van der Waals surface area contributed by atoms with E-state index in [4.69, 9.17) is 10.5 Å². The van der Waals surface area contributed by atoms with E-state index in [1.807, 2.05) is 37.3 Å². The van der Waals surface area contributed by atoms with Gasteiger partial charge in [-0.3, -0.25) is 4.79 Å². The molecule has 2 unspecified atom stereocenters. The number of nitrogens with two attached hydrogens (primary N) is 1. The molecule has 3 N–H and O–H groups in total. The first kappa shape index (κ1) is 12.1. The minimum absolute atomic E-state index is 0.149. The van der Waals surface area contributed by atoms with Crippen molar-refractivity contribution in [2.24, 2.45) is 5.73 Å². The summed E-state index contributed by atoms with van der Waals surface area (Å²) in [7, 11) is 0. The van der Waals surface area contributed by atoms with Crippen LogP contribution in [0.15, 0.2) is 30.3 Å². The fraction of sp³-hybridized carbons (Fsp3) is 0.462. The number of hydrogen-bond donors (Lipinski definition) is 2. The Balaban J connectivity index is 2.01. The van der Waals surface area contributed by atoms with E-state index in [2.05, 4.69) is 5.32 Å². The van der Waals surface area contributed by atoms with Crippen LogP contribution in [0.25, 0.3) is 0 Å². The molecule has 0 spiro atoms. The van der Waals surface area contributed by atoms with Crippen molar-refractivity contribution >= 4 is 5.91 Å². The Kier molecular flexibility index (Phi) is 3.45. The number of benzene rings is 1. The van der Waals surface area contributed by atoms with Gasteiger partial charge in [0.2, 0.25) is 5.91 Å². The Morgan fingerprint density at radius 3 is 2.76 bits per heavy atom. The van der Waals surface area contributed by atoms with Gasteiger partial charge < -0.3 is 15.8 Å². The number of nitrogens with one attached hydrogen (secondary N) is 1. The molecule has 1 aromatic carbocycles. The van der Waals surface area contributed by atoms with Crippen molar-refractivity contribution in [3.05, 3.63) is 35.9 Å². The van der Waals surface area contributed by atoms with E-state index in [0.29, 0.717) is 13.2 Å². The Labute approximate surface area is 101 Å². The minimum Gasteiger partial charge on any atom is -0.379 e. The second-order valence-corrected chi connectivity index (χ2v) is 4.74. The van der Waals surface area contributed by atoms with Crippen LogP contribution in [0.5, 0.6) is 0 Å². The summed E-state index contributed by atoms with van der Waals surface area (Å²) in [6.07, 6.45) is 0.834. The van der Waals surface area contributed by atoms with Gasteiger partial charge in [-0.1, -0.05) is 30.3 Å². The molecule has 0 bridgehead atoms. The Hall–Kier alpha value is -1.39. The first-order valence-electron chi connectivity index (χ1n) is 5.81. The molecule has 0 saturated carbocycles. The molecular formula is C13H18N2O2. The third-order valence-corrected chi connectivity index (χ3v) is 3.08. The number of hydrogen-bond acceptors (Lipinski definition) is 3. The van der Waals surface area contributed by atoms with Crippen LogP contribution in [0.3, 0.4) is 0 Å². The highest BCUT2D eigenvalue weighted by atomic mass is 16.5. The molecule has 1 fully saturated rings. The van der Waals surface area contributed by atoms with Crippen LogP contribution in [0.1, 0.15) is 24.9 Å². The van der Waals surface area contributed by atoms with Crippen LogP contribution in [0.4, 0.5) is 0 Å². The molecule has 1 amide bonds. The van der Waals surface area contributed by atoms with Crippen LogP contribution in [0.2, 0.25) is 0 Å². The van der Waals surface area contributed by atoms with Crippen molar-refractivity contribution in [3.8, 4) is 0 Å². The molecule has 1 aliphatic heterocycles. The lowest BCUT2D eigenvalue weighted by atomic mass is 10.00. The molecule has 1 aliphatic rings. The van der Waals surface area contributed by atoms with E-state index >= 15 is 0 Å². The summed E-state index contributed by atoms with van der Waals surface area (Å²) in [6, 6.07) is 8.76. The molecule has 2 rings (SSSR count). The monoisotopic (exact) mass is 234 g/mol. The summed E-state index contributed by atoms with van der Waals surface area (Å²) >= 11 is 0. The normalized spacial score (nSPS) is 25.5. The number of amides is 1. The van der Waals surface area contributed by atoms with Crippen molar-refractivity contribution in [1.29, 1.82) is 0 Å². The SMILES string of the molecule is CC1(NC(=O)C(N)c2ccccc2)CCOC1. The maximum atomic E-state index is 12.0. The quantitative estimate of drug-likeness (QED) is 0.819. The topological polar surface area (TPSA) is 64.4 Å². The lowest BCUT2D eigenvalue weighted by Crippen LogP contribution is -2.49. The first-order valence-corrected chi connectivity index (χ1v) is 5.81. The third-order valence-electron chi connectivity index (χ3n) is 3.08. The molecule has 1 heterocycles. The zero-order chi connectivity index (χ0) is 12.3. The van der Waals surface area contributed by atoms with Gasteiger partial charge in [0.1, 0.15) is 6.04 Å². The molecule has 17 heavy (non-hydrogen) atoms. The van der Waals surface area contributed by atoms with E-state index in [1.54, 1.807) is 0 Å². The summed E-state index contributed by atoms with van der Waals surface area (Å²) in [5.41, 5.74) is 6.47. The molecule has 2 atom stereocenters. The maximum absolute atomic E-state index is 12.0. The van der Waals surface area contributed by atoms with Crippen LogP contribution >= 0.6 is 0 Å². The molecule has 4 heteroatoms. The highest BCUT2D eigenvalue weighted by Gasteiger charge is 2.32. The number of rotatable bonds is 3. The van der Waals surface area contributed by atoms with Gasteiger partial charge in [-0.2, -0.15) is 0 Å². The van der Waals surface area contributed by atoms with Gasteiger partial charge >= 0.3 is 0 Å². The molecule has 0 radical (unpaired) electrons. The highest BCUT2D eigenvalue weighted by Crippen LogP contribution is 2.19. The predicted octanol–water partition coefficient (Wildman–Crippen LogP) is 0.982. The molecule has 1 saturated heterocycles. The van der Waals surface area contributed by atoms with E-state index < -0.39 is 6.04 Å². The second kappa shape index (κ2) is 4.85. The van der Waals surface area contributed by atoms with Crippen molar-refractivity contribution in [2.75, 3.05) is 13.2 Å². The zero-order valence-electron chi connectivity index (χ0n) is 9.98. The lowest BCUT2D eigenvalue weighted by Gasteiger charge is -2.25. The van der Waals surface area contributed by atoms with Crippen molar-refractivity contribution in [2.45, 2.75) is 24.9 Å². The number of carbonyl (C=O) groups excluding carboxylic acids is 1. The standard InChI is InChI=1S/C13H18N2O2/c1-13(7-8-17-9-13)15-12(16)11(14)10-5-3-2-4-6-10/h2-6,11H,7-9,14H2,1H3,(H,15,16). The average molecular weight is 234 g/mol. The first-order chi connectivity index (χ1) is 8.11. The molecule has 4 nitrogen and oxygen atoms in total. The summed E-state index contributed by atoms with van der Waals surface area (Å²) < 4.78 is 5.29. The highest BCUT2D eigenvalue weighted by molar-refractivity contribution is 5.83. The maximum Gasteiger partial charge on any atom is 0.242 e. The Morgan fingerprint density at radius 2 is 2.18 bits per heavy atom. The lowest BCUT2D eigenvalue weighted by molar-refractivity contribution is -0.124. The van der Waals surface area contributed by atoms with Gasteiger partial charge in [0, 0.05) is 6.61 Å². The Bertz CT molecular complexity index is 386. The Morgan fingerprint density at radius 1 is 1.47 bits per heavy atom. The number of carbonyl (C=O) groups is 1. The zero-order valence-corrected chi connectivity index (χ0v) is 9.98. The molecule has 0 aliphatic carbocycles. The molecular weight excluding hydrogens is 216 g/mol. The van der Waals surface area contributed by atoms with Crippen molar-refractivity contribution in [3.63, 3.8) is 0 Å². The van der Waals surface area contributed by atoms with Gasteiger partial charge in [0.25, 0.3) is 0 Å². The van der Waals surface area contributed by atoms with Gasteiger partial charge in [-0.05, 0) is 18.9 Å². The van der Waals surface area contributed by atoms with Gasteiger partial charge in [-0.25, -0.2) is 0 Å². The van der Waals surface area contributed by atoms with Gasteiger partial charge in [0.15, 0.2) is 0 Å². The van der Waals surface area contributed by atoms with Gasteiger partial charge in [0.05, 0.1) is 12.1 Å². The largest absolute Gasteiger partial charge is 0.379 e. The van der Waals surface area contributed by atoms with Crippen molar-refractivity contribution in [1.82, 2.24) is 5.32 Å². The van der Waals surface area contributed by atoms with Crippen LogP contribution in [-0.4, -0.2) is 24.7 Å². The summed E-state index contributed by atoms with van der Waals surface area (Å²) in [6.45, 7) is 3.23. The summed E-state index contributed by atoms with van der Waals surface area (Å²) in [5.74, 6) is -0.149. The van der Waals surface area contributed by atoms with Crippen LogP contribution in [0, 0.1) is 0 Å². The van der Waals surface area contributed by atoms with Crippen LogP contribution in [-0.2, 0) is 9.53 Å². The minimum atomic E-state index is -0.617. The van der Waals surface area contributed by atoms with E-state index in [-0.39, 0.29) is 11.4 Å². The van der Waals surface area contributed by atoms with Gasteiger partial charge in [-0.15, -0.1) is 0 Å². The summed E-state index contributed by atoms with van der Waals surface area (Å²) in [5, 5.41) is 2.96. The molecule has 92 valence electrons. The third kappa shape index (κ3) is 2.84.